The van der Waals surface area contributed by atoms with Crippen molar-refractivity contribution in [1.82, 2.24) is 25.2 Å². The maximum Gasteiger partial charge on any atom is 0.410 e. The summed E-state index contributed by atoms with van der Waals surface area (Å²) in [5.74, 6) is -2.08. The lowest BCUT2D eigenvalue weighted by molar-refractivity contribution is -0.143. The maximum atomic E-state index is 14.6. The van der Waals surface area contributed by atoms with Gasteiger partial charge >= 0.3 is 12.2 Å². The Morgan fingerprint density at radius 1 is 1.02 bits per heavy atom. The van der Waals surface area contributed by atoms with Gasteiger partial charge in [0.1, 0.15) is 29.3 Å². The number of hydrogen-bond donors (Lipinski definition) is 3. The molecule has 0 aromatic heterocycles. The second-order valence-electron chi connectivity index (χ2n) is 17.8. The summed E-state index contributed by atoms with van der Waals surface area (Å²) in [4.78, 5) is 72.5. The summed E-state index contributed by atoms with van der Waals surface area (Å²) in [5.41, 5.74) is 0.510. The Balaban J connectivity index is 1.16. The van der Waals surface area contributed by atoms with Crippen molar-refractivity contribution in [2.45, 2.75) is 153 Å². The van der Waals surface area contributed by atoms with E-state index < -0.39 is 79.9 Å². The van der Waals surface area contributed by atoms with E-state index in [1.165, 1.54) is 10.5 Å². The molecule has 5 amide bonds. The summed E-state index contributed by atoms with van der Waals surface area (Å²) in [6, 6.07) is 3.87. The molecule has 15 heteroatoms. The van der Waals surface area contributed by atoms with Crippen molar-refractivity contribution in [3.63, 3.8) is 0 Å². The smallest absolute Gasteiger partial charge is 0.410 e. The number of carbonyl (C=O) groups is 5. The van der Waals surface area contributed by atoms with E-state index in [2.05, 4.69) is 21.4 Å². The highest BCUT2D eigenvalue weighted by Crippen LogP contribution is 2.50. The molecule has 3 saturated carbocycles. The number of aryl methyl sites for hydroxylation is 1. The molecule has 3 heterocycles. The Hall–Kier alpha value is -3.88. The maximum absolute atomic E-state index is 14.6. The second-order valence-corrected chi connectivity index (χ2v) is 19.7. The number of nitrogens with zero attached hydrogens (tertiary/aromatic N) is 2. The number of ether oxygens (including phenoxy) is 2. The van der Waals surface area contributed by atoms with Crippen LogP contribution in [0.4, 0.5) is 9.59 Å². The van der Waals surface area contributed by atoms with Gasteiger partial charge in [0.05, 0.1) is 11.8 Å². The molecule has 0 radical (unpaired) electrons. The van der Waals surface area contributed by atoms with E-state index in [0.29, 0.717) is 32.4 Å². The summed E-state index contributed by atoms with van der Waals surface area (Å²) >= 11 is 0. The number of sulfonamides is 1. The quantitative estimate of drug-likeness (QED) is 0.385. The van der Waals surface area contributed by atoms with Crippen LogP contribution in [0.2, 0.25) is 0 Å². The first kappa shape index (κ1) is 38.4. The number of carbonyl (C=O) groups excluding carboxylic acids is 5. The zero-order valence-electron chi connectivity index (χ0n) is 32.1. The zero-order chi connectivity index (χ0) is 38.8. The lowest BCUT2D eigenvalue weighted by Crippen LogP contribution is -2.60. The molecule has 14 nitrogen and oxygen atoms in total. The largest absolute Gasteiger partial charge is 0.444 e. The van der Waals surface area contributed by atoms with Crippen LogP contribution in [0.25, 0.3) is 0 Å². The van der Waals surface area contributed by atoms with Crippen LogP contribution in [-0.4, -0.2) is 89.2 Å². The van der Waals surface area contributed by atoms with Crippen molar-refractivity contribution < 1.29 is 41.9 Å². The van der Waals surface area contributed by atoms with Gasteiger partial charge in [-0.05, 0) is 79.9 Å². The topological polar surface area (TPSA) is 181 Å². The fraction of sp³-hybridized carbons (Fsp3) is 0.718. The lowest BCUT2D eigenvalue weighted by Gasteiger charge is -2.35. The van der Waals surface area contributed by atoms with Gasteiger partial charge in [0.25, 0.3) is 5.91 Å². The fourth-order valence-electron chi connectivity index (χ4n) is 8.76. The Kier molecular flexibility index (Phi) is 9.96. The van der Waals surface area contributed by atoms with Gasteiger partial charge in [-0.3, -0.25) is 24.0 Å². The molecule has 3 aliphatic heterocycles. The van der Waals surface area contributed by atoms with E-state index in [1.807, 2.05) is 26.0 Å². The van der Waals surface area contributed by atoms with E-state index >= 15 is 0 Å². The van der Waals surface area contributed by atoms with E-state index in [4.69, 9.17) is 9.47 Å². The highest BCUT2D eigenvalue weighted by molar-refractivity contribution is 7.91. The predicted molar refractivity (Wildman–Crippen MR) is 197 cm³/mol. The summed E-state index contributed by atoms with van der Waals surface area (Å²) in [6.07, 6.45) is 5.11. The highest BCUT2D eigenvalue weighted by atomic mass is 32.2. The molecule has 54 heavy (non-hydrogen) atoms. The Labute approximate surface area is 317 Å². The van der Waals surface area contributed by atoms with Crippen LogP contribution in [0, 0.1) is 17.3 Å². The first-order chi connectivity index (χ1) is 25.4. The van der Waals surface area contributed by atoms with Crippen molar-refractivity contribution in [2.75, 3.05) is 6.54 Å². The van der Waals surface area contributed by atoms with E-state index in [0.717, 1.165) is 49.7 Å². The third-order valence-electron chi connectivity index (χ3n) is 12.6. The molecule has 4 bridgehead atoms. The standard InChI is InChI=1S/C39H55N5O9S/c1-6-25-19-39(25,34(47)42-54(50,51)28-15-16-28)41-32(45)30-17-27-21-44(30)33(46)31(37(2,3)4)40-35(48)53-38(5)18-26(38)14-9-7-8-11-23-12-10-13-24-20-43(22-29(23)24)36(49)52-27/h10,12-13,25-28,30-31H,6-9,11,14-22H2,1-5H3,(H,40,48)(H,41,45)(H,42,47)/t25-,26?,27?,30?,31?,38?,39-/m1/s1. The monoisotopic (exact) mass is 769 g/mol. The van der Waals surface area contributed by atoms with Gasteiger partial charge in [-0.2, -0.15) is 0 Å². The molecule has 1 aromatic rings. The highest BCUT2D eigenvalue weighted by Gasteiger charge is 2.62. The number of fused-ring (bicyclic) bond motifs is 4. The van der Waals surface area contributed by atoms with Gasteiger partial charge in [0, 0.05) is 25.4 Å². The first-order valence-electron chi connectivity index (χ1n) is 19.7. The zero-order valence-corrected chi connectivity index (χ0v) is 32.9. The predicted octanol–water partition coefficient (Wildman–Crippen LogP) is 4.04. The summed E-state index contributed by atoms with van der Waals surface area (Å²) in [7, 11) is -3.88. The van der Waals surface area contributed by atoms with Crippen LogP contribution in [0.1, 0.15) is 116 Å². The van der Waals surface area contributed by atoms with E-state index in [1.54, 1.807) is 25.7 Å². The second kappa shape index (κ2) is 14.0. The molecule has 296 valence electrons. The van der Waals surface area contributed by atoms with Crippen LogP contribution in [-0.2, 0) is 53.4 Å². The summed E-state index contributed by atoms with van der Waals surface area (Å²) in [6.45, 7) is 9.85. The Bertz CT molecular complexity index is 1830. The number of nitrogens with one attached hydrogen (secondary N) is 3. The molecule has 3 aliphatic carbocycles. The molecular formula is C39H55N5O9S. The number of alkyl carbamates (subject to hydrolysis) is 1. The van der Waals surface area contributed by atoms with E-state index in [9.17, 15) is 32.4 Å². The molecule has 5 unspecified atom stereocenters. The number of hydrogen-bond acceptors (Lipinski definition) is 9. The van der Waals surface area contributed by atoms with Crippen molar-refractivity contribution in [2.24, 2.45) is 17.3 Å². The third-order valence-corrected chi connectivity index (χ3v) is 14.4. The van der Waals surface area contributed by atoms with Crippen LogP contribution in [0.15, 0.2) is 18.2 Å². The average molecular weight is 770 g/mol. The molecule has 4 fully saturated rings. The van der Waals surface area contributed by atoms with Crippen LogP contribution in [0.5, 0.6) is 0 Å². The summed E-state index contributed by atoms with van der Waals surface area (Å²) in [5, 5.41) is 5.02. The average Bonchev–Trinajstić information content (AvgIpc) is 4.05. The SMILES string of the molecule is CC[C@@H]1C[C@]1(NC(=O)C1CC2CN1C(=O)C(C(C)(C)C)NC(=O)OC1(C)CC1CCCCCc1cccc3c1CN(C3)C(=O)O2)C(=O)NS(=O)(=O)C1CC1. The van der Waals surface area contributed by atoms with Crippen molar-refractivity contribution in [3.05, 3.63) is 34.9 Å². The minimum atomic E-state index is -3.88. The van der Waals surface area contributed by atoms with Gasteiger partial charge < -0.3 is 25.0 Å². The first-order valence-corrected chi connectivity index (χ1v) is 21.2. The molecular weight excluding hydrogens is 715 g/mol. The van der Waals surface area contributed by atoms with Crippen LogP contribution in [0.3, 0.4) is 0 Å². The Morgan fingerprint density at radius 3 is 2.44 bits per heavy atom. The molecule has 7 rings (SSSR count). The number of benzene rings is 1. The number of rotatable bonds is 6. The molecule has 0 spiro atoms. The molecule has 1 aromatic carbocycles. The molecule has 3 N–H and O–H groups in total. The molecule has 7 atom stereocenters. The van der Waals surface area contributed by atoms with Crippen molar-refractivity contribution >= 4 is 39.9 Å². The number of amides is 5. The normalized spacial score (nSPS) is 33.1. The van der Waals surface area contributed by atoms with Gasteiger partial charge in [-0.15, -0.1) is 0 Å². The minimum absolute atomic E-state index is 0.0503. The van der Waals surface area contributed by atoms with Crippen molar-refractivity contribution in [3.8, 4) is 0 Å². The van der Waals surface area contributed by atoms with Crippen molar-refractivity contribution in [1.29, 1.82) is 0 Å². The third kappa shape index (κ3) is 7.66. The lowest BCUT2D eigenvalue weighted by atomic mass is 9.85. The van der Waals surface area contributed by atoms with Gasteiger partial charge in [-0.1, -0.05) is 65.2 Å². The minimum Gasteiger partial charge on any atom is -0.444 e. The van der Waals surface area contributed by atoms with Crippen LogP contribution < -0.4 is 15.4 Å². The van der Waals surface area contributed by atoms with Gasteiger partial charge in [0.2, 0.25) is 21.8 Å². The molecule has 1 saturated heterocycles. The van der Waals surface area contributed by atoms with Gasteiger partial charge in [0.15, 0.2) is 0 Å². The van der Waals surface area contributed by atoms with Gasteiger partial charge in [-0.25, -0.2) is 18.0 Å². The van der Waals surface area contributed by atoms with E-state index in [-0.39, 0.29) is 31.2 Å². The Morgan fingerprint density at radius 2 is 1.76 bits per heavy atom. The fourth-order valence-corrected chi connectivity index (χ4v) is 10.1. The summed E-state index contributed by atoms with van der Waals surface area (Å²) < 4.78 is 39.6. The molecule has 6 aliphatic rings. The van der Waals surface area contributed by atoms with Crippen LogP contribution >= 0.6 is 0 Å².